The van der Waals surface area contributed by atoms with Gasteiger partial charge in [-0.25, -0.2) is 4.68 Å². The molecule has 1 atom stereocenters. The maximum atomic E-state index is 11.2. The third-order valence-electron chi connectivity index (χ3n) is 1.44. The van der Waals surface area contributed by atoms with Gasteiger partial charge in [0.1, 0.15) is 0 Å². The average Bonchev–Trinajstić information content (AvgIpc) is 1.94. The van der Waals surface area contributed by atoms with Crippen LogP contribution in [0.2, 0.25) is 0 Å². The zero-order chi connectivity index (χ0) is 9.14. The molecule has 4 heteroatoms. The van der Waals surface area contributed by atoms with Crippen molar-refractivity contribution in [3.05, 3.63) is 28.2 Å². The molecule has 1 aromatic rings. The van der Waals surface area contributed by atoms with E-state index in [0.29, 0.717) is 0 Å². The smallest absolute Gasteiger partial charge is 0.267 e. The minimum atomic E-state index is -0.544. The molecule has 1 heterocycles. The van der Waals surface area contributed by atoms with Gasteiger partial charge in [-0.2, -0.15) is 5.10 Å². The van der Waals surface area contributed by atoms with Gasteiger partial charge in [0, 0.05) is 6.07 Å². The summed E-state index contributed by atoms with van der Waals surface area (Å²) in [5.41, 5.74) is 0.665. The first-order valence-corrected chi connectivity index (χ1v) is 3.81. The van der Waals surface area contributed by atoms with Crippen molar-refractivity contribution >= 4 is 0 Å². The molecule has 1 N–H and O–H groups in total. The van der Waals surface area contributed by atoms with Gasteiger partial charge in [0.05, 0.1) is 18.8 Å². The summed E-state index contributed by atoms with van der Waals surface area (Å²) in [7, 11) is 0. The van der Waals surface area contributed by atoms with Crippen molar-refractivity contribution in [3.63, 3.8) is 0 Å². The van der Waals surface area contributed by atoms with Crippen molar-refractivity contribution in [3.8, 4) is 0 Å². The molecule has 0 aliphatic rings. The SMILES string of the molecule is Cc1cnn(C[C@@H](C)O)c(=O)c1. The summed E-state index contributed by atoms with van der Waals surface area (Å²) in [5, 5.41) is 12.9. The monoisotopic (exact) mass is 168 g/mol. The van der Waals surface area contributed by atoms with Crippen molar-refractivity contribution in [1.82, 2.24) is 9.78 Å². The predicted molar refractivity (Wildman–Crippen MR) is 44.9 cm³/mol. The fraction of sp³-hybridized carbons (Fsp3) is 0.500. The Bertz CT molecular complexity index is 317. The van der Waals surface area contributed by atoms with Gasteiger partial charge in [0.15, 0.2) is 0 Å². The first-order valence-electron chi connectivity index (χ1n) is 3.81. The van der Waals surface area contributed by atoms with Gasteiger partial charge in [-0.05, 0) is 19.4 Å². The Labute approximate surface area is 70.5 Å². The fourth-order valence-electron chi connectivity index (χ4n) is 0.912. The van der Waals surface area contributed by atoms with Crippen LogP contribution in [0.4, 0.5) is 0 Å². The number of hydrogen-bond donors (Lipinski definition) is 1. The predicted octanol–water partition coefficient (Wildman–Crippen LogP) is -0.0675. The van der Waals surface area contributed by atoms with Crippen LogP contribution in [0.25, 0.3) is 0 Å². The highest BCUT2D eigenvalue weighted by Gasteiger charge is 2.00. The van der Waals surface area contributed by atoms with Gasteiger partial charge >= 0.3 is 0 Å². The van der Waals surface area contributed by atoms with E-state index in [9.17, 15) is 4.79 Å². The van der Waals surface area contributed by atoms with Crippen LogP contribution < -0.4 is 5.56 Å². The van der Waals surface area contributed by atoms with Gasteiger partial charge in [-0.1, -0.05) is 0 Å². The minimum Gasteiger partial charge on any atom is -0.391 e. The number of aliphatic hydroxyl groups is 1. The number of nitrogens with zero attached hydrogens (tertiary/aromatic N) is 2. The van der Waals surface area contributed by atoms with E-state index >= 15 is 0 Å². The fourth-order valence-corrected chi connectivity index (χ4v) is 0.912. The van der Waals surface area contributed by atoms with Gasteiger partial charge in [-0.15, -0.1) is 0 Å². The highest BCUT2D eigenvalue weighted by atomic mass is 16.3. The molecule has 66 valence electrons. The van der Waals surface area contributed by atoms with Gasteiger partial charge in [0.2, 0.25) is 0 Å². The second-order valence-electron chi connectivity index (χ2n) is 2.90. The molecule has 0 saturated heterocycles. The van der Waals surface area contributed by atoms with Gasteiger partial charge < -0.3 is 5.11 Å². The molecule has 1 aromatic heterocycles. The number of hydrogen-bond acceptors (Lipinski definition) is 3. The summed E-state index contributed by atoms with van der Waals surface area (Å²) in [6, 6.07) is 1.50. The van der Waals surface area contributed by atoms with Crippen LogP contribution in [-0.4, -0.2) is 21.0 Å². The molecule has 0 aliphatic heterocycles. The van der Waals surface area contributed by atoms with Crippen LogP contribution in [0.15, 0.2) is 17.1 Å². The van der Waals surface area contributed by atoms with E-state index in [4.69, 9.17) is 5.11 Å². The van der Waals surface area contributed by atoms with E-state index in [1.165, 1.54) is 10.7 Å². The van der Waals surface area contributed by atoms with Crippen LogP contribution >= 0.6 is 0 Å². The van der Waals surface area contributed by atoms with Gasteiger partial charge in [-0.3, -0.25) is 4.79 Å². The first kappa shape index (κ1) is 8.93. The van der Waals surface area contributed by atoms with Crippen molar-refractivity contribution in [1.29, 1.82) is 0 Å². The number of aromatic nitrogens is 2. The molecule has 0 saturated carbocycles. The highest BCUT2D eigenvalue weighted by molar-refractivity contribution is 5.02. The van der Waals surface area contributed by atoms with Crippen LogP contribution in [-0.2, 0) is 6.54 Å². The topological polar surface area (TPSA) is 55.1 Å². The molecule has 0 radical (unpaired) electrons. The zero-order valence-electron chi connectivity index (χ0n) is 7.19. The minimum absolute atomic E-state index is 0.170. The Morgan fingerprint density at radius 3 is 2.92 bits per heavy atom. The second kappa shape index (κ2) is 3.49. The van der Waals surface area contributed by atoms with E-state index in [0.717, 1.165) is 5.56 Å². The third kappa shape index (κ3) is 2.17. The molecule has 12 heavy (non-hydrogen) atoms. The lowest BCUT2D eigenvalue weighted by atomic mass is 10.3. The molecule has 0 aliphatic carbocycles. The lowest BCUT2D eigenvalue weighted by molar-refractivity contribution is 0.166. The summed E-state index contributed by atoms with van der Waals surface area (Å²) in [5.74, 6) is 0. The summed E-state index contributed by atoms with van der Waals surface area (Å²) in [6.45, 7) is 3.67. The maximum absolute atomic E-state index is 11.2. The largest absolute Gasteiger partial charge is 0.391 e. The van der Waals surface area contributed by atoms with E-state index in [1.807, 2.05) is 0 Å². The summed E-state index contributed by atoms with van der Waals surface area (Å²) in [4.78, 5) is 11.2. The van der Waals surface area contributed by atoms with Crippen LogP contribution in [0, 0.1) is 6.92 Å². The highest BCUT2D eigenvalue weighted by Crippen LogP contribution is 1.88. The molecule has 1 rings (SSSR count). The molecule has 0 unspecified atom stereocenters. The lowest BCUT2D eigenvalue weighted by Crippen LogP contribution is -2.26. The van der Waals surface area contributed by atoms with E-state index in [1.54, 1.807) is 20.0 Å². The quantitative estimate of drug-likeness (QED) is 0.672. The standard InChI is InChI=1S/C8H12N2O2/c1-6-3-8(12)10(9-4-6)5-7(2)11/h3-4,7,11H,5H2,1-2H3/t7-/m1/s1. The zero-order valence-corrected chi connectivity index (χ0v) is 7.19. The number of rotatable bonds is 2. The van der Waals surface area contributed by atoms with Crippen molar-refractivity contribution in [2.24, 2.45) is 0 Å². The second-order valence-corrected chi connectivity index (χ2v) is 2.90. The molecule has 0 aromatic carbocycles. The van der Waals surface area contributed by atoms with E-state index in [-0.39, 0.29) is 12.1 Å². The average molecular weight is 168 g/mol. The number of aryl methyl sites for hydroxylation is 1. The summed E-state index contributed by atoms with van der Waals surface area (Å²) < 4.78 is 1.25. The third-order valence-corrected chi connectivity index (χ3v) is 1.44. The molecule has 4 nitrogen and oxygen atoms in total. The first-order chi connectivity index (χ1) is 5.59. The molecule has 0 amide bonds. The summed E-state index contributed by atoms with van der Waals surface area (Å²) >= 11 is 0. The van der Waals surface area contributed by atoms with Crippen LogP contribution in [0.5, 0.6) is 0 Å². The van der Waals surface area contributed by atoms with Gasteiger partial charge in [0.25, 0.3) is 5.56 Å². The van der Waals surface area contributed by atoms with Crippen molar-refractivity contribution in [2.45, 2.75) is 26.5 Å². The Hall–Kier alpha value is -1.16. The maximum Gasteiger partial charge on any atom is 0.267 e. The lowest BCUT2D eigenvalue weighted by Gasteiger charge is -2.05. The normalized spacial score (nSPS) is 12.9. The summed E-state index contributed by atoms with van der Waals surface area (Å²) in [6.07, 6.45) is 1.06. The number of aliphatic hydroxyl groups excluding tert-OH is 1. The molecule has 0 fully saturated rings. The Morgan fingerprint density at radius 1 is 1.75 bits per heavy atom. The molecule has 0 spiro atoms. The molecule has 0 bridgehead atoms. The van der Waals surface area contributed by atoms with E-state index in [2.05, 4.69) is 5.10 Å². The van der Waals surface area contributed by atoms with Crippen LogP contribution in [0.3, 0.4) is 0 Å². The van der Waals surface area contributed by atoms with E-state index < -0.39 is 6.10 Å². The van der Waals surface area contributed by atoms with Crippen LogP contribution in [0.1, 0.15) is 12.5 Å². The Balaban J connectivity index is 2.94. The Kier molecular flexibility index (Phi) is 2.60. The van der Waals surface area contributed by atoms with Crippen molar-refractivity contribution in [2.75, 3.05) is 0 Å². The molecular formula is C8H12N2O2. The molecular weight excluding hydrogens is 156 g/mol. The van der Waals surface area contributed by atoms with Crippen molar-refractivity contribution < 1.29 is 5.11 Å². The Morgan fingerprint density at radius 2 is 2.42 bits per heavy atom.